The summed E-state index contributed by atoms with van der Waals surface area (Å²) in [5, 5.41) is 10.2. The van der Waals surface area contributed by atoms with Gasteiger partial charge in [0.2, 0.25) is 5.91 Å². The molecule has 0 saturated heterocycles. The Morgan fingerprint density at radius 2 is 2.07 bits per heavy atom. The van der Waals surface area contributed by atoms with Gasteiger partial charge in [0.1, 0.15) is 18.1 Å². The molecule has 0 fully saturated rings. The lowest BCUT2D eigenvalue weighted by Gasteiger charge is -2.12. The Hall–Kier alpha value is -2.52. The third kappa shape index (κ3) is 4.42. The minimum Gasteiger partial charge on any atom is -0.496 e. The average molecular weight is 390 g/mol. The van der Waals surface area contributed by atoms with Crippen molar-refractivity contribution in [2.75, 3.05) is 32.7 Å². The van der Waals surface area contributed by atoms with E-state index >= 15 is 0 Å². The van der Waals surface area contributed by atoms with Crippen LogP contribution in [-0.2, 0) is 27.6 Å². The molecule has 27 heavy (non-hydrogen) atoms. The summed E-state index contributed by atoms with van der Waals surface area (Å²) in [5.74, 6) is 2.09. The number of para-hydroxylation sites is 1. The molecular weight excluding hydrogens is 368 g/mol. The lowest BCUT2D eigenvalue weighted by Crippen LogP contribution is -2.31. The van der Waals surface area contributed by atoms with Crippen LogP contribution in [0.1, 0.15) is 21.6 Å². The largest absolute Gasteiger partial charge is 0.496 e. The molecule has 2 heterocycles. The van der Waals surface area contributed by atoms with Gasteiger partial charge in [-0.1, -0.05) is 12.1 Å². The van der Waals surface area contributed by atoms with Gasteiger partial charge in [0, 0.05) is 30.7 Å². The number of thioether (sulfide) groups is 1. The molecule has 2 aromatic rings. The van der Waals surface area contributed by atoms with E-state index < -0.39 is 0 Å². The summed E-state index contributed by atoms with van der Waals surface area (Å²) in [7, 11) is 3.10. The van der Waals surface area contributed by atoms with Gasteiger partial charge in [-0.25, -0.2) is 4.68 Å². The molecule has 0 spiro atoms. The first-order valence-corrected chi connectivity index (χ1v) is 9.65. The smallest absolute Gasteiger partial charge is 0.260 e. The van der Waals surface area contributed by atoms with Gasteiger partial charge >= 0.3 is 0 Å². The standard InChI is InChI=1S/C18H22N4O4S/c1-25-8-7-19-16(23)9-22-17(13-10-27-11-14(13)21-22)20-18(24)12-5-3-4-6-15(12)26-2/h3-6H,7-11H2,1-2H3,(H,19,23)(H,20,24). The molecule has 1 aromatic carbocycles. The zero-order valence-corrected chi connectivity index (χ0v) is 16.1. The Labute approximate surface area is 161 Å². The molecule has 0 aliphatic carbocycles. The molecule has 1 aliphatic heterocycles. The summed E-state index contributed by atoms with van der Waals surface area (Å²) in [6.07, 6.45) is 0. The second-order valence-corrected chi connectivity index (χ2v) is 6.91. The monoisotopic (exact) mass is 390 g/mol. The fourth-order valence-electron chi connectivity index (χ4n) is 2.81. The van der Waals surface area contributed by atoms with Crippen LogP contribution in [0.4, 0.5) is 5.82 Å². The first-order valence-electron chi connectivity index (χ1n) is 8.50. The van der Waals surface area contributed by atoms with Crippen LogP contribution in [0.2, 0.25) is 0 Å². The molecule has 8 nitrogen and oxygen atoms in total. The van der Waals surface area contributed by atoms with Gasteiger partial charge in [0.15, 0.2) is 0 Å². The summed E-state index contributed by atoms with van der Waals surface area (Å²) in [5.41, 5.74) is 2.30. The number of fused-ring (bicyclic) bond motifs is 1. The molecule has 1 aliphatic rings. The van der Waals surface area contributed by atoms with E-state index in [1.54, 1.807) is 47.8 Å². The van der Waals surface area contributed by atoms with E-state index in [1.165, 1.54) is 7.11 Å². The first-order chi connectivity index (χ1) is 13.1. The summed E-state index contributed by atoms with van der Waals surface area (Å²) in [6, 6.07) is 7.01. The Bertz CT molecular complexity index is 837. The van der Waals surface area contributed by atoms with Gasteiger partial charge in [0.05, 0.1) is 25.0 Å². The molecule has 9 heteroatoms. The number of hydrogen-bond donors (Lipinski definition) is 2. The maximum Gasteiger partial charge on any atom is 0.260 e. The SMILES string of the molecule is COCCNC(=O)Cn1nc2c(c1NC(=O)c1ccccc1OC)CSC2. The fraction of sp³-hybridized carbons (Fsp3) is 0.389. The number of anilines is 1. The molecule has 2 amide bonds. The number of carbonyl (C=O) groups is 2. The Morgan fingerprint density at radius 1 is 1.26 bits per heavy atom. The van der Waals surface area contributed by atoms with Crippen molar-refractivity contribution in [3.05, 3.63) is 41.1 Å². The number of amides is 2. The van der Waals surface area contributed by atoms with Gasteiger partial charge in [-0.3, -0.25) is 9.59 Å². The van der Waals surface area contributed by atoms with Gasteiger partial charge < -0.3 is 20.1 Å². The van der Waals surface area contributed by atoms with Crippen molar-refractivity contribution in [3.63, 3.8) is 0 Å². The molecule has 144 valence electrons. The normalized spacial score (nSPS) is 12.5. The van der Waals surface area contributed by atoms with E-state index in [0.717, 1.165) is 22.8 Å². The zero-order valence-electron chi connectivity index (χ0n) is 15.3. The van der Waals surface area contributed by atoms with Crippen LogP contribution in [0.15, 0.2) is 24.3 Å². The van der Waals surface area contributed by atoms with Crippen molar-refractivity contribution < 1.29 is 19.1 Å². The number of rotatable bonds is 8. The molecule has 0 radical (unpaired) electrons. The fourth-order valence-corrected chi connectivity index (χ4v) is 3.85. The van der Waals surface area contributed by atoms with Gasteiger partial charge in [-0.15, -0.1) is 0 Å². The van der Waals surface area contributed by atoms with E-state index in [9.17, 15) is 9.59 Å². The number of carbonyl (C=O) groups excluding carboxylic acids is 2. The lowest BCUT2D eigenvalue weighted by molar-refractivity contribution is -0.122. The summed E-state index contributed by atoms with van der Waals surface area (Å²) >= 11 is 1.73. The van der Waals surface area contributed by atoms with E-state index in [1.807, 2.05) is 0 Å². The van der Waals surface area contributed by atoms with E-state index in [4.69, 9.17) is 9.47 Å². The van der Waals surface area contributed by atoms with Crippen LogP contribution in [0.25, 0.3) is 0 Å². The molecule has 0 bridgehead atoms. The second-order valence-electron chi connectivity index (χ2n) is 5.92. The number of hydrogen-bond acceptors (Lipinski definition) is 6. The van der Waals surface area contributed by atoms with Crippen molar-refractivity contribution in [3.8, 4) is 5.75 Å². The van der Waals surface area contributed by atoms with Crippen molar-refractivity contribution in [1.29, 1.82) is 0 Å². The minimum absolute atomic E-state index is 0.0307. The maximum atomic E-state index is 12.8. The highest BCUT2D eigenvalue weighted by molar-refractivity contribution is 7.98. The number of methoxy groups -OCH3 is 2. The van der Waals surface area contributed by atoms with Gasteiger partial charge in [0.25, 0.3) is 5.91 Å². The summed E-state index contributed by atoms with van der Waals surface area (Å²) in [4.78, 5) is 24.9. The number of aromatic nitrogens is 2. The summed E-state index contributed by atoms with van der Waals surface area (Å²) in [6.45, 7) is 0.896. The Kier molecular flexibility index (Phi) is 6.36. The van der Waals surface area contributed by atoms with E-state index in [2.05, 4.69) is 15.7 Å². The highest BCUT2D eigenvalue weighted by Gasteiger charge is 2.25. The van der Waals surface area contributed by atoms with Crippen LogP contribution >= 0.6 is 11.8 Å². The maximum absolute atomic E-state index is 12.8. The van der Waals surface area contributed by atoms with Gasteiger partial charge in [-0.05, 0) is 12.1 Å². The van der Waals surface area contributed by atoms with Crippen LogP contribution in [0.5, 0.6) is 5.75 Å². The molecule has 2 N–H and O–H groups in total. The number of nitrogens with one attached hydrogen (secondary N) is 2. The summed E-state index contributed by atoms with van der Waals surface area (Å²) < 4.78 is 11.8. The van der Waals surface area contributed by atoms with Crippen LogP contribution in [0, 0.1) is 0 Å². The number of ether oxygens (including phenoxy) is 2. The highest BCUT2D eigenvalue weighted by atomic mass is 32.2. The van der Waals surface area contributed by atoms with Crippen molar-refractivity contribution in [2.24, 2.45) is 0 Å². The predicted molar refractivity (Wildman–Crippen MR) is 103 cm³/mol. The highest BCUT2D eigenvalue weighted by Crippen LogP contribution is 2.35. The Morgan fingerprint density at radius 3 is 2.85 bits per heavy atom. The quantitative estimate of drug-likeness (QED) is 0.666. The molecule has 0 atom stereocenters. The minimum atomic E-state index is -0.298. The third-order valence-corrected chi connectivity index (χ3v) is 5.09. The topological polar surface area (TPSA) is 94.5 Å². The molecule has 1 aromatic heterocycles. The molecule has 0 unspecified atom stereocenters. The van der Waals surface area contributed by atoms with E-state index in [-0.39, 0.29) is 18.4 Å². The van der Waals surface area contributed by atoms with Crippen LogP contribution < -0.4 is 15.4 Å². The van der Waals surface area contributed by atoms with Crippen molar-refractivity contribution in [2.45, 2.75) is 18.1 Å². The molecule has 3 rings (SSSR count). The Balaban J connectivity index is 1.80. The van der Waals surface area contributed by atoms with Crippen molar-refractivity contribution in [1.82, 2.24) is 15.1 Å². The molecule has 0 saturated carbocycles. The first kappa shape index (κ1) is 19.2. The van der Waals surface area contributed by atoms with Crippen molar-refractivity contribution >= 4 is 29.4 Å². The lowest BCUT2D eigenvalue weighted by atomic mass is 10.2. The predicted octanol–water partition coefficient (Wildman–Crippen LogP) is 1.65. The second kappa shape index (κ2) is 8.92. The van der Waals surface area contributed by atoms with Gasteiger partial charge in [-0.2, -0.15) is 16.9 Å². The molecular formula is C18H22N4O4S. The zero-order chi connectivity index (χ0) is 19.2. The number of benzene rings is 1. The van der Waals surface area contributed by atoms with Crippen LogP contribution in [0.3, 0.4) is 0 Å². The van der Waals surface area contributed by atoms with Crippen LogP contribution in [-0.4, -0.2) is 49.0 Å². The third-order valence-electron chi connectivity index (χ3n) is 4.12. The number of nitrogens with zero attached hydrogens (tertiary/aromatic N) is 2. The van der Waals surface area contributed by atoms with E-state index in [0.29, 0.717) is 30.3 Å². The average Bonchev–Trinajstić information content (AvgIpc) is 3.24.